The predicted octanol–water partition coefficient (Wildman–Crippen LogP) is 3.07. The Morgan fingerprint density at radius 3 is 2.55 bits per heavy atom. The maximum absolute atomic E-state index is 15.2. The first kappa shape index (κ1) is 30.4. The third-order valence-electron chi connectivity index (χ3n) is 8.19. The molecule has 6 rings (SSSR count). The molecule has 10 nitrogen and oxygen atoms in total. The molecule has 0 radical (unpaired) electrons. The molecular formula is C30H33F3N6O4S. The minimum atomic E-state index is -3.14. The molecule has 3 atom stereocenters. The van der Waals surface area contributed by atoms with Crippen molar-refractivity contribution in [2.45, 2.75) is 31.2 Å². The second-order valence-corrected chi connectivity index (χ2v) is 14.0. The second kappa shape index (κ2) is 11.7. The number of anilines is 1. The van der Waals surface area contributed by atoms with Crippen molar-refractivity contribution in [3.05, 3.63) is 77.5 Å². The summed E-state index contributed by atoms with van der Waals surface area (Å²) in [4.78, 5) is 11.0. The van der Waals surface area contributed by atoms with Gasteiger partial charge >= 0.3 is 0 Å². The molecule has 2 aliphatic heterocycles. The molecule has 2 N–H and O–H groups in total. The molecule has 3 aromatic heterocycles. The van der Waals surface area contributed by atoms with Crippen molar-refractivity contribution in [3.8, 4) is 11.3 Å². The zero-order chi connectivity index (χ0) is 31.2. The molecule has 4 aromatic rings. The Kier molecular flexibility index (Phi) is 8.11. The van der Waals surface area contributed by atoms with Crippen LogP contribution in [0, 0.1) is 17.6 Å². The molecule has 1 aromatic carbocycles. The van der Waals surface area contributed by atoms with Gasteiger partial charge in [-0.1, -0.05) is 6.92 Å². The van der Waals surface area contributed by atoms with Crippen molar-refractivity contribution in [1.82, 2.24) is 19.6 Å². The van der Waals surface area contributed by atoms with Crippen LogP contribution in [-0.2, 0) is 31.4 Å². The molecule has 234 valence electrons. The maximum atomic E-state index is 15.2. The quantitative estimate of drug-likeness (QED) is 0.297. The van der Waals surface area contributed by atoms with Crippen LogP contribution in [-0.4, -0.2) is 85.1 Å². The third kappa shape index (κ3) is 6.03. The van der Waals surface area contributed by atoms with E-state index in [1.54, 1.807) is 24.7 Å². The molecule has 2 aliphatic rings. The van der Waals surface area contributed by atoms with Crippen molar-refractivity contribution in [2.75, 3.05) is 49.8 Å². The fourth-order valence-corrected chi connectivity index (χ4v) is 6.27. The normalized spacial score (nSPS) is 21.9. The number of alkyl halides is 1. The van der Waals surface area contributed by atoms with Gasteiger partial charge in [0.25, 0.3) is 0 Å². The van der Waals surface area contributed by atoms with Gasteiger partial charge in [-0.25, -0.2) is 31.1 Å². The summed E-state index contributed by atoms with van der Waals surface area (Å²) in [6.07, 6.45) is 6.25. The van der Waals surface area contributed by atoms with E-state index in [1.165, 1.54) is 16.8 Å². The molecule has 2 fully saturated rings. The van der Waals surface area contributed by atoms with Gasteiger partial charge in [0.1, 0.15) is 27.3 Å². The third-order valence-corrected chi connectivity index (χ3v) is 9.09. The van der Waals surface area contributed by atoms with Gasteiger partial charge in [-0.05, 0) is 35.9 Å². The largest absolute Gasteiger partial charge is 0.375 e. The average Bonchev–Trinajstić information content (AvgIpc) is 3.34. The van der Waals surface area contributed by atoms with E-state index in [9.17, 15) is 12.8 Å². The number of nitrogens with two attached hydrogens (primary N) is 1. The van der Waals surface area contributed by atoms with E-state index in [4.69, 9.17) is 15.2 Å². The van der Waals surface area contributed by atoms with E-state index in [0.29, 0.717) is 30.9 Å². The Labute approximate surface area is 252 Å². The highest BCUT2D eigenvalue weighted by Gasteiger charge is 2.42. The number of nitrogens with zero attached hydrogens (tertiary/aromatic N) is 5. The number of hydrogen-bond donors (Lipinski definition) is 1. The maximum Gasteiger partial charge on any atom is 0.182 e. The van der Waals surface area contributed by atoms with Gasteiger partial charge in [-0.2, -0.15) is 5.10 Å². The molecule has 5 heterocycles. The number of sulfone groups is 1. The lowest BCUT2D eigenvalue weighted by Crippen LogP contribution is -2.57. The summed E-state index contributed by atoms with van der Waals surface area (Å²) in [6, 6.07) is 6.70. The van der Waals surface area contributed by atoms with Gasteiger partial charge < -0.3 is 20.1 Å². The van der Waals surface area contributed by atoms with Gasteiger partial charge in [0.2, 0.25) is 0 Å². The van der Waals surface area contributed by atoms with Crippen LogP contribution in [0.1, 0.15) is 23.9 Å². The number of halogens is 3. The number of pyridine rings is 1. The Morgan fingerprint density at radius 2 is 1.89 bits per heavy atom. The fraction of sp³-hybridized carbons (Fsp3) is 0.433. The molecule has 0 amide bonds. The van der Waals surface area contributed by atoms with Crippen molar-refractivity contribution in [3.63, 3.8) is 0 Å². The van der Waals surface area contributed by atoms with Gasteiger partial charge in [-0.15, -0.1) is 0 Å². The molecule has 2 saturated heterocycles. The average molecular weight is 631 g/mol. The monoisotopic (exact) mass is 630 g/mol. The Bertz CT molecular complexity index is 1760. The number of rotatable bonds is 9. The van der Waals surface area contributed by atoms with Crippen LogP contribution >= 0.6 is 0 Å². The lowest BCUT2D eigenvalue weighted by atomic mass is 9.91. The number of piperidine rings is 1. The SMILES string of the molecule is C[C@H]1CN(c2ccncc2Cc2ncc3ccc(-c4c(F)cc(C5(F)COC5)cc4F)nn23)C[C@@H](N)[C@H]1OCCS(C)(=O)=O. The van der Waals surface area contributed by atoms with Crippen LogP contribution in [0.4, 0.5) is 18.9 Å². The van der Waals surface area contributed by atoms with E-state index in [2.05, 4.69) is 20.0 Å². The van der Waals surface area contributed by atoms with E-state index >= 15 is 8.78 Å². The van der Waals surface area contributed by atoms with Gasteiger partial charge in [0, 0.05) is 61.4 Å². The summed E-state index contributed by atoms with van der Waals surface area (Å²) in [5, 5.41) is 4.51. The van der Waals surface area contributed by atoms with Gasteiger partial charge in [0.05, 0.1) is 54.6 Å². The molecular weight excluding hydrogens is 597 g/mol. The molecule has 0 saturated carbocycles. The summed E-state index contributed by atoms with van der Waals surface area (Å²) in [5.41, 5.74) is 6.56. The molecule has 14 heteroatoms. The first-order chi connectivity index (χ1) is 20.9. The number of ether oxygens (including phenoxy) is 2. The molecule has 0 aliphatic carbocycles. The lowest BCUT2D eigenvalue weighted by Gasteiger charge is -2.42. The van der Waals surface area contributed by atoms with Crippen LogP contribution in [0.25, 0.3) is 16.8 Å². The van der Waals surface area contributed by atoms with Crippen molar-refractivity contribution >= 4 is 21.0 Å². The number of aromatic nitrogens is 4. The summed E-state index contributed by atoms with van der Waals surface area (Å²) in [6.45, 7) is 2.73. The summed E-state index contributed by atoms with van der Waals surface area (Å²) < 4.78 is 80.4. The van der Waals surface area contributed by atoms with Crippen LogP contribution in [0.5, 0.6) is 0 Å². The van der Waals surface area contributed by atoms with Crippen LogP contribution < -0.4 is 10.6 Å². The zero-order valence-corrected chi connectivity index (χ0v) is 25.1. The second-order valence-electron chi connectivity index (χ2n) is 11.7. The highest BCUT2D eigenvalue weighted by atomic mass is 32.2. The molecule has 0 unspecified atom stereocenters. The number of imidazole rings is 1. The van der Waals surface area contributed by atoms with E-state index < -0.39 is 27.1 Å². The topological polar surface area (TPSA) is 125 Å². The summed E-state index contributed by atoms with van der Waals surface area (Å²) in [7, 11) is -3.14. The van der Waals surface area contributed by atoms with Crippen LogP contribution in [0.2, 0.25) is 0 Å². The zero-order valence-electron chi connectivity index (χ0n) is 24.3. The summed E-state index contributed by atoms with van der Waals surface area (Å²) >= 11 is 0. The van der Waals surface area contributed by atoms with Crippen molar-refractivity contribution < 1.29 is 31.1 Å². The van der Waals surface area contributed by atoms with E-state index in [0.717, 1.165) is 23.4 Å². The first-order valence-corrected chi connectivity index (χ1v) is 16.3. The highest BCUT2D eigenvalue weighted by molar-refractivity contribution is 7.90. The Hall–Kier alpha value is -3.59. The van der Waals surface area contributed by atoms with Crippen molar-refractivity contribution in [2.24, 2.45) is 11.7 Å². The minimum Gasteiger partial charge on any atom is -0.375 e. The lowest BCUT2D eigenvalue weighted by molar-refractivity contribution is -0.135. The Balaban J connectivity index is 1.24. The fourth-order valence-electron chi connectivity index (χ4n) is 5.87. The minimum absolute atomic E-state index is 0.0241. The molecule has 44 heavy (non-hydrogen) atoms. The number of benzene rings is 1. The summed E-state index contributed by atoms with van der Waals surface area (Å²) in [5.74, 6) is -1.34. The van der Waals surface area contributed by atoms with Crippen molar-refractivity contribution in [1.29, 1.82) is 0 Å². The van der Waals surface area contributed by atoms with Crippen LogP contribution in [0.15, 0.2) is 48.9 Å². The predicted molar refractivity (Wildman–Crippen MR) is 158 cm³/mol. The number of hydrogen-bond acceptors (Lipinski definition) is 9. The molecule has 0 spiro atoms. The standard InChI is InChI=1S/C30H33F3N6O4S/c1-18-14-38(15-24(34)29(18)43-7-8-44(2,40)41)26-5-6-35-12-19(26)9-27-36-13-21-3-4-25(37-39(21)27)28-22(31)10-20(11-23(28)32)30(33)16-42-17-30/h3-6,10-13,18,24,29H,7-9,14-17,34H2,1-2H3/t18-,24+,29-/m0/s1. The smallest absolute Gasteiger partial charge is 0.182 e. The van der Waals surface area contributed by atoms with Gasteiger partial charge in [-0.3, -0.25) is 4.98 Å². The highest BCUT2D eigenvalue weighted by Crippen LogP contribution is 2.37. The Morgan fingerprint density at radius 1 is 1.14 bits per heavy atom. The molecule has 0 bridgehead atoms. The first-order valence-electron chi connectivity index (χ1n) is 14.2. The van der Waals surface area contributed by atoms with E-state index in [1.807, 2.05) is 13.0 Å². The number of fused-ring (bicyclic) bond motifs is 1. The van der Waals surface area contributed by atoms with Gasteiger partial charge in [0.15, 0.2) is 5.67 Å². The van der Waals surface area contributed by atoms with Crippen LogP contribution in [0.3, 0.4) is 0 Å². The van der Waals surface area contributed by atoms with E-state index in [-0.39, 0.29) is 60.5 Å².